The van der Waals surface area contributed by atoms with Gasteiger partial charge >= 0.3 is 0 Å². The zero-order valence-corrected chi connectivity index (χ0v) is 21.2. The molecule has 3 saturated heterocycles. The molecule has 2 aliphatic carbocycles. The second-order valence-corrected chi connectivity index (χ2v) is 11.5. The maximum atomic E-state index is 13.2. The van der Waals surface area contributed by atoms with Crippen molar-refractivity contribution in [3.8, 4) is 11.8 Å². The number of rotatable bonds is 5. The van der Waals surface area contributed by atoms with E-state index in [-0.39, 0.29) is 29.7 Å². The maximum absolute atomic E-state index is 13.2. The van der Waals surface area contributed by atoms with Crippen LogP contribution in [0.4, 0.5) is 0 Å². The molecule has 8 heteroatoms. The average Bonchev–Trinajstić information content (AvgIpc) is 3.19. The van der Waals surface area contributed by atoms with E-state index in [0.717, 1.165) is 54.8 Å². The summed E-state index contributed by atoms with van der Waals surface area (Å²) in [5, 5.41) is 11.9. The summed E-state index contributed by atoms with van der Waals surface area (Å²) in [6.45, 7) is 2.23. The van der Waals surface area contributed by atoms with Crippen molar-refractivity contribution < 1.29 is 19.1 Å². The summed E-state index contributed by atoms with van der Waals surface area (Å²) in [5.74, 6) is 0.243. The largest absolute Gasteiger partial charge is 0.489 e. The van der Waals surface area contributed by atoms with E-state index in [1.807, 2.05) is 36.4 Å². The molecular weight excluding hydrogens is 480 g/mol. The summed E-state index contributed by atoms with van der Waals surface area (Å²) in [6, 6.07) is 16.2. The predicted molar refractivity (Wildman–Crippen MR) is 137 cm³/mol. The quantitative estimate of drug-likeness (QED) is 0.620. The number of piperidine rings is 2. The third kappa shape index (κ3) is 3.48. The zero-order chi connectivity index (χ0) is 26.0. The van der Waals surface area contributed by atoms with Crippen molar-refractivity contribution in [3.05, 3.63) is 64.7 Å². The van der Waals surface area contributed by atoms with Crippen LogP contribution in [0.1, 0.15) is 71.5 Å². The van der Waals surface area contributed by atoms with Crippen LogP contribution in [0.3, 0.4) is 0 Å². The smallest absolute Gasteiger partial charge is 0.255 e. The first-order chi connectivity index (χ1) is 18.5. The van der Waals surface area contributed by atoms with Gasteiger partial charge in [-0.1, -0.05) is 24.6 Å². The van der Waals surface area contributed by atoms with E-state index >= 15 is 0 Å². The van der Waals surface area contributed by atoms with E-state index in [1.54, 1.807) is 4.90 Å². The normalized spacial score (nSPS) is 30.7. The Balaban J connectivity index is 1.04. The van der Waals surface area contributed by atoms with Gasteiger partial charge in [0, 0.05) is 43.1 Å². The van der Waals surface area contributed by atoms with Gasteiger partial charge in [-0.15, -0.1) is 0 Å². The van der Waals surface area contributed by atoms with Gasteiger partial charge in [-0.2, -0.15) is 5.26 Å². The number of ether oxygens (including phenoxy) is 1. The Morgan fingerprint density at radius 1 is 1.00 bits per heavy atom. The van der Waals surface area contributed by atoms with Gasteiger partial charge in [0.15, 0.2) is 0 Å². The number of amides is 3. The zero-order valence-electron chi connectivity index (χ0n) is 21.2. The monoisotopic (exact) mass is 510 g/mol. The molecule has 0 aromatic heterocycles. The highest BCUT2D eigenvalue weighted by Gasteiger charge is 2.63. The Bertz CT molecular complexity index is 1380. The van der Waals surface area contributed by atoms with Gasteiger partial charge < -0.3 is 9.64 Å². The highest BCUT2D eigenvalue weighted by molar-refractivity contribution is 6.10. The van der Waals surface area contributed by atoms with Crippen LogP contribution in [0.15, 0.2) is 42.5 Å². The van der Waals surface area contributed by atoms with Crippen LogP contribution in [0.25, 0.3) is 0 Å². The first-order valence-electron chi connectivity index (χ1n) is 13.7. The minimum absolute atomic E-state index is 0.0725. The first-order valence-corrected chi connectivity index (χ1v) is 13.7. The third-order valence-electron chi connectivity index (χ3n) is 9.45. The molecule has 2 bridgehead atoms. The number of hydrogen-bond donors (Lipinski definition) is 1. The molecule has 0 radical (unpaired) electrons. The number of hydrogen-bond acceptors (Lipinski definition) is 6. The van der Waals surface area contributed by atoms with E-state index in [9.17, 15) is 19.6 Å². The lowest BCUT2D eigenvalue weighted by Gasteiger charge is -2.53. The highest BCUT2D eigenvalue weighted by atomic mass is 16.5. The molecule has 3 amide bonds. The first kappa shape index (κ1) is 23.4. The lowest BCUT2D eigenvalue weighted by atomic mass is 9.63. The highest BCUT2D eigenvalue weighted by Crippen LogP contribution is 2.49. The molecule has 2 saturated carbocycles. The number of carbonyl (C=O) groups excluding carboxylic acids is 3. The molecule has 2 aromatic carbocycles. The van der Waals surface area contributed by atoms with Crippen LogP contribution in [-0.2, 0) is 16.1 Å². The fourth-order valence-electron chi connectivity index (χ4n) is 7.26. The Labute approximate surface area is 221 Å². The molecule has 2 atom stereocenters. The van der Waals surface area contributed by atoms with Crippen molar-refractivity contribution in [2.75, 3.05) is 13.1 Å². The molecular formula is C30H30N4O4. The summed E-state index contributed by atoms with van der Waals surface area (Å²) in [4.78, 5) is 42.0. The van der Waals surface area contributed by atoms with E-state index in [1.165, 1.54) is 6.42 Å². The van der Waals surface area contributed by atoms with Crippen LogP contribution < -0.4 is 10.1 Å². The van der Waals surface area contributed by atoms with Crippen molar-refractivity contribution >= 4 is 17.7 Å². The molecule has 194 valence electrons. The second-order valence-electron chi connectivity index (χ2n) is 11.5. The Morgan fingerprint density at radius 3 is 2.58 bits per heavy atom. The molecule has 4 aliphatic heterocycles. The van der Waals surface area contributed by atoms with Crippen molar-refractivity contribution in [1.29, 1.82) is 5.26 Å². The average molecular weight is 511 g/mol. The van der Waals surface area contributed by atoms with Gasteiger partial charge in [-0.05, 0) is 67.5 Å². The van der Waals surface area contributed by atoms with Crippen LogP contribution in [0.5, 0.6) is 5.75 Å². The summed E-state index contributed by atoms with van der Waals surface area (Å²) in [6.07, 6.45) is 5.29. The molecule has 8 nitrogen and oxygen atoms in total. The van der Waals surface area contributed by atoms with Crippen molar-refractivity contribution in [2.45, 2.75) is 68.7 Å². The fraction of sp³-hybridized carbons (Fsp3) is 0.467. The topological polar surface area (TPSA) is 103 Å². The number of carbonyl (C=O) groups is 3. The number of nitrogens with one attached hydrogen (secondary N) is 1. The van der Waals surface area contributed by atoms with Crippen molar-refractivity contribution in [3.63, 3.8) is 0 Å². The molecule has 8 rings (SSSR count). The molecule has 4 heterocycles. The van der Waals surface area contributed by atoms with E-state index in [0.29, 0.717) is 36.9 Å². The van der Waals surface area contributed by atoms with E-state index < -0.39 is 5.54 Å². The standard InChI is InChI=1S/C30H30N4O4/c31-14-18-5-1-2-6-23(18)21-15-33(16-21)25-7-3-4-8-26(25)38-22-9-10-24-19(11-22)17-34(28(24)36)30-12-20(13-30)27(35)32-29(30)37/h1-2,5-6,9-11,20-21,25-26H,3-4,7-8,12-13,15-17H2,(H,32,35,37)/t20?,25-,26-,30?/m0/s1. The van der Waals surface area contributed by atoms with Crippen molar-refractivity contribution in [1.82, 2.24) is 15.1 Å². The van der Waals surface area contributed by atoms with E-state index in [4.69, 9.17) is 4.74 Å². The summed E-state index contributed by atoms with van der Waals surface area (Å²) < 4.78 is 6.57. The van der Waals surface area contributed by atoms with Gasteiger partial charge in [0.05, 0.1) is 11.6 Å². The minimum Gasteiger partial charge on any atom is -0.489 e. The SMILES string of the molecule is N#Cc1ccccc1C1CN([C@H]2CCCC[C@@H]2Oc2ccc3c(c2)CN(C24CC(C2)C(=O)NC4=O)C3=O)C1. The number of imide groups is 1. The lowest BCUT2D eigenvalue weighted by molar-refractivity contribution is -0.160. The number of likely N-dealkylation sites (tertiary alicyclic amines) is 1. The minimum atomic E-state index is -0.900. The second kappa shape index (κ2) is 8.67. The number of nitriles is 1. The molecule has 2 aromatic rings. The van der Waals surface area contributed by atoms with Gasteiger partial charge in [0.1, 0.15) is 17.4 Å². The molecule has 5 fully saturated rings. The Kier molecular flexibility index (Phi) is 5.34. The fourth-order valence-corrected chi connectivity index (χ4v) is 7.26. The van der Waals surface area contributed by atoms with E-state index in [2.05, 4.69) is 22.4 Å². The number of benzene rings is 2. The summed E-state index contributed by atoms with van der Waals surface area (Å²) >= 11 is 0. The lowest BCUT2D eigenvalue weighted by Crippen LogP contribution is -2.73. The predicted octanol–water partition coefficient (Wildman–Crippen LogP) is 3.11. The van der Waals surface area contributed by atoms with Gasteiger partial charge in [0.25, 0.3) is 11.8 Å². The van der Waals surface area contributed by atoms with Crippen molar-refractivity contribution in [2.24, 2.45) is 5.92 Å². The molecule has 1 N–H and O–H groups in total. The van der Waals surface area contributed by atoms with Crippen LogP contribution in [-0.4, -0.2) is 58.3 Å². The Hall–Kier alpha value is -3.70. The maximum Gasteiger partial charge on any atom is 0.255 e. The van der Waals surface area contributed by atoms with Gasteiger partial charge in [-0.3, -0.25) is 24.6 Å². The molecule has 6 aliphatic rings. The van der Waals surface area contributed by atoms with Crippen LogP contribution >= 0.6 is 0 Å². The van der Waals surface area contributed by atoms with Crippen LogP contribution in [0, 0.1) is 17.2 Å². The molecule has 0 unspecified atom stereocenters. The molecule has 0 spiro atoms. The number of nitrogens with zero attached hydrogens (tertiary/aromatic N) is 3. The summed E-state index contributed by atoms with van der Waals surface area (Å²) in [5.41, 5.74) is 2.49. The van der Waals surface area contributed by atoms with Gasteiger partial charge in [0.2, 0.25) is 5.91 Å². The Morgan fingerprint density at radius 2 is 1.79 bits per heavy atom. The third-order valence-corrected chi connectivity index (χ3v) is 9.45. The molecule has 38 heavy (non-hydrogen) atoms. The number of fused-ring (bicyclic) bond motifs is 3. The van der Waals surface area contributed by atoms with Crippen LogP contribution in [0.2, 0.25) is 0 Å². The van der Waals surface area contributed by atoms with Gasteiger partial charge in [-0.25, -0.2) is 0 Å². The summed E-state index contributed by atoms with van der Waals surface area (Å²) in [7, 11) is 0.